The van der Waals surface area contributed by atoms with Gasteiger partial charge in [-0.15, -0.1) is 0 Å². The molecule has 1 aliphatic rings. The van der Waals surface area contributed by atoms with Gasteiger partial charge in [-0.3, -0.25) is 4.68 Å². The highest BCUT2D eigenvalue weighted by Gasteiger charge is 2.28. The molecule has 3 rings (SSSR count). The van der Waals surface area contributed by atoms with Crippen LogP contribution in [0.25, 0.3) is 0 Å². The molecule has 2 atom stereocenters. The molecule has 0 aliphatic carbocycles. The van der Waals surface area contributed by atoms with Gasteiger partial charge in [0.05, 0.1) is 31.4 Å². The fraction of sp³-hybridized carbons (Fsp3) is 0.444. The van der Waals surface area contributed by atoms with Gasteiger partial charge >= 0.3 is 6.03 Å². The van der Waals surface area contributed by atoms with Crippen molar-refractivity contribution >= 4 is 6.03 Å². The van der Waals surface area contributed by atoms with E-state index in [-0.39, 0.29) is 24.7 Å². The third-order valence-electron chi connectivity index (χ3n) is 4.53. The molecule has 128 valence electrons. The van der Waals surface area contributed by atoms with Crippen LogP contribution in [0.5, 0.6) is 0 Å². The summed E-state index contributed by atoms with van der Waals surface area (Å²) in [6.07, 6.45) is 5.57. The van der Waals surface area contributed by atoms with Crippen LogP contribution in [0.2, 0.25) is 0 Å². The lowest BCUT2D eigenvalue weighted by molar-refractivity contribution is 0.155. The van der Waals surface area contributed by atoms with Gasteiger partial charge in [-0.05, 0) is 25.3 Å². The molecular formula is C18H24N4O2. The van der Waals surface area contributed by atoms with Gasteiger partial charge in [-0.2, -0.15) is 5.10 Å². The van der Waals surface area contributed by atoms with E-state index in [1.165, 1.54) is 5.56 Å². The van der Waals surface area contributed by atoms with E-state index in [1.807, 2.05) is 36.0 Å². The van der Waals surface area contributed by atoms with Gasteiger partial charge in [0.25, 0.3) is 0 Å². The van der Waals surface area contributed by atoms with Gasteiger partial charge in [0.15, 0.2) is 0 Å². The maximum Gasteiger partial charge on any atom is 0.318 e. The van der Waals surface area contributed by atoms with E-state index in [9.17, 15) is 9.90 Å². The molecule has 2 heterocycles. The van der Waals surface area contributed by atoms with E-state index in [0.717, 1.165) is 18.4 Å². The summed E-state index contributed by atoms with van der Waals surface area (Å²) in [6, 6.07) is 9.85. The van der Waals surface area contributed by atoms with Crippen LogP contribution in [-0.2, 0) is 6.54 Å². The van der Waals surface area contributed by atoms with Gasteiger partial charge in [-0.1, -0.05) is 30.3 Å². The predicted octanol–water partition coefficient (Wildman–Crippen LogP) is 2.16. The summed E-state index contributed by atoms with van der Waals surface area (Å²) < 4.78 is 1.87. The number of aromatic nitrogens is 2. The number of likely N-dealkylation sites (tertiary alicyclic amines) is 1. The highest BCUT2D eigenvalue weighted by atomic mass is 16.3. The van der Waals surface area contributed by atoms with Crippen molar-refractivity contribution in [1.82, 2.24) is 20.0 Å². The molecule has 1 aromatic carbocycles. The molecule has 2 N–H and O–H groups in total. The first kappa shape index (κ1) is 16.5. The normalized spacial score (nSPS) is 18.6. The van der Waals surface area contributed by atoms with Crippen LogP contribution in [-0.4, -0.2) is 45.0 Å². The number of carbonyl (C=O) groups is 1. The zero-order valence-electron chi connectivity index (χ0n) is 13.9. The Morgan fingerprint density at radius 2 is 2.21 bits per heavy atom. The molecule has 0 spiro atoms. The highest BCUT2D eigenvalue weighted by Crippen LogP contribution is 2.18. The van der Waals surface area contributed by atoms with Crippen LogP contribution in [0.15, 0.2) is 42.7 Å². The van der Waals surface area contributed by atoms with Crippen molar-refractivity contribution in [1.29, 1.82) is 0 Å². The lowest BCUT2D eigenvalue weighted by atomic mass is 10.2. The Labute approximate surface area is 142 Å². The fourth-order valence-corrected chi connectivity index (χ4v) is 3.10. The number of benzene rings is 1. The molecule has 2 aromatic rings. The van der Waals surface area contributed by atoms with Gasteiger partial charge in [0.2, 0.25) is 0 Å². The minimum Gasteiger partial charge on any atom is -0.394 e. The van der Waals surface area contributed by atoms with Crippen LogP contribution in [0.3, 0.4) is 0 Å². The van der Waals surface area contributed by atoms with Gasteiger partial charge < -0.3 is 15.3 Å². The monoisotopic (exact) mass is 328 g/mol. The number of rotatable bonds is 5. The lowest BCUT2D eigenvalue weighted by Gasteiger charge is -2.25. The van der Waals surface area contributed by atoms with Gasteiger partial charge in [-0.25, -0.2) is 4.79 Å². The number of amides is 2. The van der Waals surface area contributed by atoms with E-state index in [1.54, 1.807) is 11.1 Å². The topological polar surface area (TPSA) is 70.4 Å². The molecule has 0 radical (unpaired) electrons. The molecule has 1 fully saturated rings. The quantitative estimate of drug-likeness (QED) is 0.883. The Balaban J connectivity index is 1.59. The van der Waals surface area contributed by atoms with Gasteiger partial charge in [0, 0.05) is 18.3 Å². The average Bonchev–Trinajstić information content (AvgIpc) is 3.24. The van der Waals surface area contributed by atoms with E-state index < -0.39 is 0 Å². The van der Waals surface area contributed by atoms with Gasteiger partial charge in [0.1, 0.15) is 0 Å². The van der Waals surface area contributed by atoms with Crippen LogP contribution < -0.4 is 5.32 Å². The number of carbonyl (C=O) groups excluding carboxylic acids is 1. The SMILES string of the molecule is CC(NC(=O)N1CCCC1CO)c1cnn(Cc2ccccc2)c1. The molecule has 2 amide bonds. The molecule has 1 saturated heterocycles. The molecule has 2 unspecified atom stereocenters. The predicted molar refractivity (Wildman–Crippen MR) is 91.5 cm³/mol. The first-order valence-electron chi connectivity index (χ1n) is 8.41. The minimum absolute atomic E-state index is 0.0246. The number of aliphatic hydroxyl groups is 1. The number of aliphatic hydroxyl groups excluding tert-OH is 1. The molecule has 6 heteroatoms. The number of urea groups is 1. The zero-order chi connectivity index (χ0) is 16.9. The summed E-state index contributed by atoms with van der Waals surface area (Å²) >= 11 is 0. The highest BCUT2D eigenvalue weighted by molar-refractivity contribution is 5.75. The molecule has 1 aliphatic heterocycles. The largest absolute Gasteiger partial charge is 0.394 e. The van der Waals surface area contributed by atoms with E-state index in [2.05, 4.69) is 22.5 Å². The Bertz CT molecular complexity index is 671. The fourth-order valence-electron chi connectivity index (χ4n) is 3.10. The Kier molecular flexibility index (Phi) is 5.15. The number of hydrogen-bond acceptors (Lipinski definition) is 3. The minimum atomic E-state index is -0.123. The van der Waals surface area contributed by atoms with Crippen molar-refractivity contribution < 1.29 is 9.90 Å². The maximum absolute atomic E-state index is 12.4. The second kappa shape index (κ2) is 7.49. The lowest BCUT2D eigenvalue weighted by Crippen LogP contribution is -2.44. The number of hydrogen-bond donors (Lipinski definition) is 2. The molecule has 6 nitrogen and oxygen atoms in total. The third-order valence-corrected chi connectivity index (χ3v) is 4.53. The van der Waals surface area contributed by atoms with Crippen molar-refractivity contribution in [3.63, 3.8) is 0 Å². The Hall–Kier alpha value is -2.34. The molecule has 24 heavy (non-hydrogen) atoms. The van der Waals surface area contributed by atoms with Crippen LogP contribution in [0.4, 0.5) is 4.79 Å². The summed E-state index contributed by atoms with van der Waals surface area (Å²) in [4.78, 5) is 14.1. The van der Waals surface area contributed by atoms with Crippen LogP contribution >= 0.6 is 0 Å². The number of nitrogens with zero attached hydrogens (tertiary/aromatic N) is 3. The second-order valence-electron chi connectivity index (χ2n) is 6.30. The smallest absolute Gasteiger partial charge is 0.318 e. The summed E-state index contributed by atoms with van der Waals surface area (Å²) in [5, 5.41) is 16.7. The van der Waals surface area contributed by atoms with E-state index >= 15 is 0 Å². The van der Waals surface area contributed by atoms with Crippen molar-refractivity contribution in [3.8, 4) is 0 Å². The third kappa shape index (κ3) is 3.76. The molecule has 1 aromatic heterocycles. The second-order valence-corrected chi connectivity index (χ2v) is 6.30. The molecule has 0 saturated carbocycles. The summed E-state index contributed by atoms with van der Waals surface area (Å²) in [7, 11) is 0. The maximum atomic E-state index is 12.4. The zero-order valence-corrected chi connectivity index (χ0v) is 13.9. The van der Waals surface area contributed by atoms with Crippen LogP contribution in [0, 0.1) is 0 Å². The average molecular weight is 328 g/mol. The van der Waals surface area contributed by atoms with E-state index in [0.29, 0.717) is 13.1 Å². The van der Waals surface area contributed by atoms with Crippen molar-refractivity contribution in [3.05, 3.63) is 53.9 Å². The summed E-state index contributed by atoms with van der Waals surface area (Å²) in [5.41, 5.74) is 2.16. The first-order chi connectivity index (χ1) is 11.7. The standard InChI is InChI=1S/C18H24N4O2/c1-14(20-18(24)22-9-5-8-17(22)13-23)16-10-19-21(12-16)11-15-6-3-2-4-7-15/h2-4,6-7,10,12,14,17,23H,5,8-9,11,13H2,1H3,(H,20,24). The van der Waals surface area contributed by atoms with Crippen LogP contribution in [0.1, 0.15) is 36.9 Å². The number of nitrogens with one attached hydrogen (secondary N) is 1. The van der Waals surface area contributed by atoms with E-state index in [4.69, 9.17) is 0 Å². The first-order valence-corrected chi connectivity index (χ1v) is 8.41. The summed E-state index contributed by atoms with van der Waals surface area (Å²) in [6.45, 7) is 3.39. The van der Waals surface area contributed by atoms with Crippen molar-refractivity contribution in [2.24, 2.45) is 0 Å². The van der Waals surface area contributed by atoms with Crippen molar-refractivity contribution in [2.75, 3.05) is 13.2 Å². The Morgan fingerprint density at radius 1 is 1.42 bits per heavy atom. The van der Waals surface area contributed by atoms with Crippen molar-refractivity contribution in [2.45, 2.75) is 38.4 Å². The summed E-state index contributed by atoms with van der Waals surface area (Å²) in [5.74, 6) is 0. The molecule has 0 bridgehead atoms. The Morgan fingerprint density at radius 3 is 2.96 bits per heavy atom. The molecular weight excluding hydrogens is 304 g/mol.